The van der Waals surface area contributed by atoms with E-state index in [1.165, 1.54) is 0 Å². The molecule has 1 aliphatic rings. The summed E-state index contributed by atoms with van der Waals surface area (Å²) in [5.41, 5.74) is 5.77. The molecule has 0 aromatic rings. The van der Waals surface area contributed by atoms with Gasteiger partial charge < -0.3 is 16.0 Å². The van der Waals surface area contributed by atoms with Gasteiger partial charge in [0.05, 0.1) is 0 Å². The first-order valence-electron chi connectivity index (χ1n) is 4.90. The van der Waals surface area contributed by atoms with Gasteiger partial charge in [-0.2, -0.15) is 0 Å². The number of carbonyl (C=O) groups excluding carboxylic acids is 1. The maximum absolute atomic E-state index is 11.5. The summed E-state index contributed by atoms with van der Waals surface area (Å²) in [6.45, 7) is 5.45. The summed E-state index contributed by atoms with van der Waals surface area (Å²) in [4.78, 5) is 13.3. The van der Waals surface area contributed by atoms with E-state index in [0.717, 1.165) is 19.4 Å². The van der Waals surface area contributed by atoms with Crippen LogP contribution in [-0.2, 0) is 0 Å². The number of likely N-dealkylation sites (tertiary alicyclic amines) is 1. The first-order valence-corrected chi connectivity index (χ1v) is 4.90. The number of hydrogen-bond acceptors (Lipinski definition) is 2. The molecule has 1 fully saturated rings. The van der Waals surface area contributed by atoms with E-state index in [-0.39, 0.29) is 18.1 Å². The van der Waals surface area contributed by atoms with Crippen LogP contribution >= 0.6 is 0 Å². The summed E-state index contributed by atoms with van der Waals surface area (Å²) >= 11 is 0. The fourth-order valence-electron chi connectivity index (χ4n) is 1.53. The molecule has 76 valence electrons. The van der Waals surface area contributed by atoms with Gasteiger partial charge in [-0.25, -0.2) is 4.79 Å². The minimum absolute atomic E-state index is 0.0187. The molecule has 0 saturated carbocycles. The molecule has 1 atom stereocenters. The standard InChI is InChI=1S/C9H19N3O/c1-7(2)11-9(13)12-5-3-4-8(10)6-12/h7-8H,3-6,10H2,1-2H3,(H,11,13). The first kappa shape index (κ1) is 10.3. The van der Waals surface area contributed by atoms with Crippen molar-refractivity contribution in [2.45, 2.75) is 38.8 Å². The molecule has 1 heterocycles. The van der Waals surface area contributed by atoms with Crippen molar-refractivity contribution >= 4 is 6.03 Å². The zero-order valence-electron chi connectivity index (χ0n) is 8.42. The van der Waals surface area contributed by atoms with Crippen molar-refractivity contribution in [3.63, 3.8) is 0 Å². The lowest BCUT2D eigenvalue weighted by Gasteiger charge is -2.31. The maximum atomic E-state index is 11.5. The zero-order valence-corrected chi connectivity index (χ0v) is 8.42. The molecule has 3 N–H and O–H groups in total. The van der Waals surface area contributed by atoms with Gasteiger partial charge in [0, 0.05) is 25.2 Å². The molecular formula is C9H19N3O. The lowest BCUT2D eigenvalue weighted by atomic mass is 10.1. The van der Waals surface area contributed by atoms with Gasteiger partial charge in [-0.05, 0) is 26.7 Å². The van der Waals surface area contributed by atoms with E-state index in [2.05, 4.69) is 5.32 Å². The van der Waals surface area contributed by atoms with Gasteiger partial charge in [-0.15, -0.1) is 0 Å². The summed E-state index contributed by atoms with van der Waals surface area (Å²) in [5.74, 6) is 0. The molecule has 2 amide bonds. The SMILES string of the molecule is CC(C)NC(=O)N1CCCC(N)C1. The van der Waals surface area contributed by atoms with Gasteiger partial charge in [0.1, 0.15) is 0 Å². The fourth-order valence-corrected chi connectivity index (χ4v) is 1.53. The number of piperidine rings is 1. The Bertz CT molecular complexity index is 182. The van der Waals surface area contributed by atoms with Crippen molar-refractivity contribution in [1.29, 1.82) is 0 Å². The van der Waals surface area contributed by atoms with E-state index in [1.54, 1.807) is 4.90 Å². The summed E-state index contributed by atoms with van der Waals surface area (Å²) < 4.78 is 0. The van der Waals surface area contributed by atoms with Gasteiger partial charge in [0.15, 0.2) is 0 Å². The molecule has 4 nitrogen and oxygen atoms in total. The van der Waals surface area contributed by atoms with Crippen molar-refractivity contribution in [2.75, 3.05) is 13.1 Å². The molecule has 0 aromatic heterocycles. The summed E-state index contributed by atoms with van der Waals surface area (Å²) in [7, 11) is 0. The van der Waals surface area contributed by atoms with Crippen molar-refractivity contribution in [3.8, 4) is 0 Å². The van der Waals surface area contributed by atoms with Crippen LogP contribution in [-0.4, -0.2) is 36.1 Å². The van der Waals surface area contributed by atoms with Crippen LogP contribution < -0.4 is 11.1 Å². The Morgan fingerprint density at radius 2 is 2.31 bits per heavy atom. The first-order chi connectivity index (χ1) is 6.09. The van der Waals surface area contributed by atoms with Crippen LogP contribution in [0.5, 0.6) is 0 Å². The molecule has 0 aliphatic carbocycles. The van der Waals surface area contributed by atoms with Gasteiger partial charge in [-0.1, -0.05) is 0 Å². The minimum Gasteiger partial charge on any atom is -0.336 e. The lowest BCUT2D eigenvalue weighted by molar-refractivity contribution is 0.177. The second kappa shape index (κ2) is 4.46. The Kier molecular flexibility index (Phi) is 3.54. The minimum atomic E-state index is 0.0187. The number of amides is 2. The van der Waals surface area contributed by atoms with E-state index >= 15 is 0 Å². The van der Waals surface area contributed by atoms with Crippen molar-refractivity contribution in [3.05, 3.63) is 0 Å². The number of nitrogens with two attached hydrogens (primary N) is 1. The van der Waals surface area contributed by atoms with Gasteiger partial charge >= 0.3 is 6.03 Å². The molecule has 0 bridgehead atoms. The van der Waals surface area contributed by atoms with Crippen LogP contribution in [0, 0.1) is 0 Å². The Labute approximate surface area is 79.5 Å². The second-order valence-corrected chi connectivity index (χ2v) is 3.95. The quantitative estimate of drug-likeness (QED) is 0.626. The van der Waals surface area contributed by atoms with Gasteiger partial charge in [0.2, 0.25) is 0 Å². The molecule has 1 aliphatic heterocycles. The second-order valence-electron chi connectivity index (χ2n) is 3.95. The fraction of sp³-hybridized carbons (Fsp3) is 0.889. The Morgan fingerprint density at radius 3 is 2.85 bits per heavy atom. The molecule has 1 saturated heterocycles. The van der Waals surface area contributed by atoms with Crippen LogP contribution in [0.2, 0.25) is 0 Å². The van der Waals surface area contributed by atoms with E-state index in [9.17, 15) is 4.79 Å². The van der Waals surface area contributed by atoms with Crippen LogP contribution in [0.1, 0.15) is 26.7 Å². The van der Waals surface area contributed by atoms with Crippen LogP contribution in [0.25, 0.3) is 0 Å². The molecule has 13 heavy (non-hydrogen) atoms. The maximum Gasteiger partial charge on any atom is 0.317 e. The number of urea groups is 1. The molecule has 1 unspecified atom stereocenters. The van der Waals surface area contributed by atoms with Crippen molar-refractivity contribution in [1.82, 2.24) is 10.2 Å². The molecular weight excluding hydrogens is 166 g/mol. The third-order valence-electron chi connectivity index (χ3n) is 2.16. The molecule has 0 aromatic carbocycles. The normalized spacial score (nSPS) is 23.4. The van der Waals surface area contributed by atoms with E-state index < -0.39 is 0 Å². The summed E-state index contributed by atoms with van der Waals surface area (Å²) in [6.07, 6.45) is 2.05. The van der Waals surface area contributed by atoms with Crippen LogP contribution in [0.15, 0.2) is 0 Å². The lowest BCUT2D eigenvalue weighted by Crippen LogP contribution is -2.50. The number of rotatable bonds is 1. The van der Waals surface area contributed by atoms with E-state index in [0.29, 0.717) is 6.54 Å². The Balaban J connectivity index is 2.37. The topological polar surface area (TPSA) is 58.4 Å². The predicted octanol–water partition coefficient (Wildman–Crippen LogP) is 0.527. The van der Waals surface area contributed by atoms with E-state index in [1.807, 2.05) is 13.8 Å². The van der Waals surface area contributed by atoms with Crippen molar-refractivity contribution in [2.24, 2.45) is 5.73 Å². The number of carbonyl (C=O) groups is 1. The summed E-state index contributed by atoms with van der Waals surface area (Å²) in [5, 5.41) is 2.86. The molecule has 4 heteroatoms. The summed E-state index contributed by atoms with van der Waals surface area (Å²) in [6, 6.07) is 0.377. The van der Waals surface area contributed by atoms with Crippen LogP contribution in [0.3, 0.4) is 0 Å². The average Bonchev–Trinajstić information content (AvgIpc) is 2.03. The average molecular weight is 185 g/mol. The highest BCUT2D eigenvalue weighted by Gasteiger charge is 2.20. The largest absolute Gasteiger partial charge is 0.336 e. The van der Waals surface area contributed by atoms with Gasteiger partial charge in [-0.3, -0.25) is 0 Å². The van der Waals surface area contributed by atoms with E-state index in [4.69, 9.17) is 5.73 Å². The third kappa shape index (κ3) is 3.22. The Hall–Kier alpha value is -0.770. The smallest absolute Gasteiger partial charge is 0.317 e. The highest BCUT2D eigenvalue weighted by atomic mass is 16.2. The number of nitrogens with one attached hydrogen (secondary N) is 1. The third-order valence-corrected chi connectivity index (χ3v) is 2.16. The number of hydrogen-bond donors (Lipinski definition) is 2. The Morgan fingerprint density at radius 1 is 1.62 bits per heavy atom. The zero-order chi connectivity index (χ0) is 9.84. The van der Waals surface area contributed by atoms with Crippen LogP contribution in [0.4, 0.5) is 4.79 Å². The molecule has 0 radical (unpaired) electrons. The van der Waals surface area contributed by atoms with Crippen molar-refractivity contribution < 1.29 is 4.79 Å². The highest BCUT2D eigenvalue weighted by molar-refractivity contribution is 5.74. The monoisotopic (exact) mass is 185 g/mol. The van der Waals surface area contributed by atoms with Gasteiger partial charge in [0.25, 0.3) is 0 Å². The molecule has 1 rings (SSSR count). The predicted molar refractivity (Wildman–Crippen MR) is 52.5 cm³/mol. The number of nitrogens with zero attached hydrogens (tertiary/aromatic N) is 1. The molecule has 0 spiro atoms. The highest BCUT2D eigenvalue weighted by Crippen LogP contribution is 2.07.